The molecule has 0 heterocycles. The van der Waals surface area contributed by atoms with E-state index < -0.39 is 19.3 Å². The molecule has 0 aliphatic carbocycles. The van der Waals surface area contributed by atoms with Gasteiger partial charge in [0.05, 0.1) is 6.10 Å². The highest BCUT2D eigenvalue weighted by molar-refractivity contribution is 7.52. The molecule has 0 aliphatic heterocycles. The average molecular weight is 315 g/mol. The van der Waals surface area contributed by atoms with Crippen molar-refractivity contribution in [2.45, 2.75) is 39.3 Å². The largest absolute Gasteiger partial charge is 0.462 e. The highest BCUT2D eigenvalue weighted by Crippen LogP contribution is 2.45. The fourth-order valence-electron chi connectivity index (χ4n) is 1.48. The number of hydrogen-bond acceptors (Lipinski definition) is 5. The minimum Gasteiger partial charge on any atom is -0.462 e. The van der Waals surface area contributed by atoms with Crippen LogP contribution in [0.15, 0.2) is 30.3 Å². The van der Waals surface area contributed by atoms with Crippen molar-refractivity contribution in [1.29, 1.82) is 0 Å². The van der Waals surface area contributed by atoms with Gasteiger partial charge < -0.3 is 9.26 Å². The average Bonchev–Trinajstić information content (AvgIpc) is 2.38. The van der Waals surface area contributed by atoms with Crippen LogP contribution < -0.4 is 9.61 Å². The van der Waals surface area contributed by atoms with Crippen LogP contribution in [0.1, 0.15) is 27.7 Å². The molecule has 1 aromatic carbocycles. The third-order valence-electron chi connectivity index (χ3n) is 2.48. The van der Waals surface area contributed by atoms with Gasteiger partial charge in [-0.2, -0.15) is 5.09 Å². The van der Waals surface area contributed by atoms with Crippen molar-refractivity contribution in [2.75, 3.05) is 7.11 Å². The number of hydrogen-bond donors (Lipinski definition) is 1. The van der Waals surface area contributed by atoms with E-state index in [0.717, 1.165) is 0 Å². The number of benzene rings is 1. The van der Waals surface area contributed by atoms with Crippen molar-refractivity contribution in [3.63, 3.8) is 0 Å². The maximum absolute atomic E-state index is 12.6. The molecule has 0 saturated heterocycles. The third kappa shape index (κ3) is 5.50. The normalized spacial score (nSPS) is 14.6. The molecule has 0 fully saturated rings. The summed E-state index contributed by atoms with van der Waals surface area (Å²) >= 11 is 0. The van der Waals surface area contributed by atoms with Crippen LogP contribution >= 0.6 is 7.75 Å². The molecule has 0 saturated carbocycles. The van der Waals surface area contributed by atoms with Gasteiger partial charge in [0.15, 0.2) is 0 Å². The van der Waals surface area contributed by atoms with Crippen molar-refractivity contribution in [3.05, 3.63) is 30.3 Å². The monoisotopic (exact) mass is 315 g/mol. The second kappa shape index (κ2) is 7.07. The molecule has 21 heavy (non-hydrogen) atoms. The molecular weight excluding hydrogens is 293 g/mol. The minimum absolute atomic E-state index is 0.268. The number of esters is 1. The van der Waals surface area contributed by atoms with Crippen LogP contribution in [-0.2, 0) is 18.6 Å². The number of rotatable bonds is 7. The van der Waals surface area contributed by atoms with E-state index in [2.05, 4.69) is 5.09 Å². The second-order valence-corrected chi connectivity index (χ2v) is 7.04. The van der Waals surface area contributed by atoms with Crippen LogP contribution in [0.3, 0.4) is 0 Å². The van der Waals surface area contributed by atoms with Crippen LogP contribution in [0.2, 0.25) is 0 Å². The quantitative estimate of drug-likeness (QED) is 0.615. The van der Waals surface area contributed by atoms with E-state index in [9.17, 15) is 9.36 Å². The molecule has 6 nitrogen and oxygen atoms in total. The molecule has 1 aromatic rings. The first-order valence-electron chi connectivity index (χ1n) is 6.59. The van der Waals surface area contributed by atoms with Gasteiger partial charge in [-0.1, -0.05) is 18.2 Å². The first kappa shape index (κ1) is 17.7. The molecule has 118 valence electrons. The number of carbonyl (C=O) groups is 1. The van der Waals surface area contributed by atoms with E-state index in [-0.39, 0.29) is 6.10 Å². The predicted molar refractivity (Wildman–Crippen MR) is 80.1 cm³/mol. The first-order valence-corrected chi connectivity index (χ1v) is 8.14. The van der Waals surface area contributed by atoms with Gasteiger partial charge in [0, 0.05) is 7.11 Å². The smallest absolute Gasteiger partial charge is 0.459 e. The van der Waals surface area contributed by atoms with Gasteiger partial charge in [-0.3, -0.25) is 9.32 Å². The number of carbonyl (C=O) groups excluding carboxylic acids is 1. The Balaban J connectivity index is 2.84. The lowest BCUT2D eigenvalue weighted by molar-refractivity contribution is -0.153. The van der Waals surface area contributed by atoms with Crippen molar-refractivity contribution in [3.8, 4) is 5.75 Å². The summed E-state index contributed by atoms with van der Waals surface area (Å²) in [6.07, 6.45) is -0.268. The molecule has 0 bridgehead atoms. The summed E-state index contributed by atoms with van der Waals surface area (Å²) in [4.78, 5) is 12.0. The van der Waals surface area contributed by atoms with Crippen molar-refractivity contribution in [2.24, 2.45) is 0 Å². The molecule has 0 spiro atoms. The molecule has 1 rings (SSSR count). The number of para-hydroxylation sites is 1. The Morgan fingerprint density at radius 3 is 2.29 bits per heavy atom. The summed E-state index contributed by atoms with van der Waals surface area (Å²) in [5, 5.41) is 2.61. The Morgan fingerprint density at radius 2 is 1.81 bits per heavy atom. The van der Waals surface area contributed by atoms with Crippen molar-refractivity contribution >= 4 is 13.7 Å². The van der Waals surface area contributed by atoms with Crippen LogP contribution in [0.25, 0.3) is 0 Å². The Hall–Kier alpha value is -1.36. The van der Waals surface area contributed by atoms with Gasteiger partial charge in [-0.15, -0.1) is 0 Å². The minimum atomic E-state index is -3.69. The zero-order valence-corrected chi connectivity index (χ0v) is 13.8. The lowest BCUT2D eigenvalue weighted by Crippen LogP contribution is -2.47. The van der Waals surface area contributed by atoms with E-state index in [4.69, 9.17) is 13.8 Å². The molecule has 0 radical (unpaired) electrons. The van der Waals surface area contributed by atoms with Gasteiger partial charge in [-0.25, -0.2) is 4.57 Å². The zero-order chi connectivity index (χ0) is 16.1. The second-order valence-electron chi connectivity index (χ2n) is 5.28. The first-order chi connectivity index (χ1) is 9.68. The van der Waals surface area contributed by atoms with Gasteiger partial charge in [0.2, 0.25) is 0 Å². The van der Waals surface area contributed by atoms with E-state index in [0.29, 0.717) is 5.75 Å². The summed E-state index contributed by atoms with van der Waals surface area (Å²) in [6, 6.07) is 8.59. The standard InChI is InChI=1S/C14H22NO5P/c1-11(2)19-13(16)14(3,4)15-21(17,18-5)20-12-9-7-6-8-10-12/h6-11H,1-5H3,(H,15,17). The van der Waals surface area contributed by atoms with Crippen LogP contribution in [0.4, 0.5) is 0 Å². The van der Waals surface area contributed by atoms with Gasteiger partial charge >= 0.3 is 13.7 Å². The Morgan fingerprint density at radius 1 is 1.24 bits per heavy atom. The van der Waals surface area contributed by atoms with Crippen molar-refractivity contribution in [1.82, 2.24) is 5.09 Å². The van der Waals surface area contributed by atoms with Crippen LogP contribution in [-0.4, -0.2) is 24.7 Å². The molecule has 1 N–H and O–H groups in total. The van der Waals surface area contributed by atoms with E-state index in [1.54, 1.807) is 52.0 Å². The van der Waals surface area contributed by atoms with E-state index in [1.807, 2.05) is 6.07 Å². The lowest BCUT2D eigenvalue weighted by Gasteiger charge is -2.29. The topological polar surface area (TPSA) is 73.9 Å². The Kier molecular flexibility index (Phi) is 5.96. The molecule has 0 aromatic heterocycles. The van der Waals surface area contributed by atoms with E-state index >= 15 is 0 Å². The molecule has 0 aliphatic rings. The van der Waals surface area contributed by atoms with Gasteiger partial charge in [0.1, 0.15) is 11.3 Å². The van der Waals surface area contributed by atoms with E-state index in [1.165, 1.54) is 7.11 Å². The fourth-order valence-corrected chi connectivity index (χ4v) is 2.86. The molecule has 1 atom stereocenters. The Labute approximate surface area is 125 Å². The molecular formula is C14H22NO5P. The maximum Gasteiger partial charge on any atom is 0.459 e. The van der Waals surface area contributed by atoms with Crippen LogP contribution in [0.5, 0.6) is 5.75 Å². The number of nitrogens with one attached hydrogen (secondary N) is 1. The summed E-state index contributed by atoms with van der Waals surface area (Å²) < 4.78 is 28.0. The summed E-state index contributed by atoms with van der Waals surface area (Å²) in [7, 11) is -2.44. The van der Waals surface area contributed by atoms with Crippen molar-refractivity contribution < 1.29 is 23.1 Å². The number of ether oxygens (including phenoxy) is 1. The van der Waals surface area contributed by atoms with Gasteiger partial charge in [-0.05, 0) is 39.8 Å². The third-order valence-corrected chi connectivity index (χ3v) is 4.24. The fraction of sp³-hybridized carbons (Fsp3) is 0.500. The zero-order valence-electron chi connectivity index (χ0n) is 13.0. The lowest BCUT2D eigenvalue weighted by atomic mass is 10.1. The maximum atomic E-state index is 12.6. The summed E-state index contributed by atoms with van der Waals surface area (Å²) in [6.45, 7) is 6.59. The summed E-state index contributed by atoms with van der Waals surface area (Å²) in [5.41, 5.74) is -1.22. The molecule has 0 amide bonds. The van der Waals surface area contributed by atoms with Gasteiger partial charge in [0.25, 0.3) is 0 Å². The molecule has 1 unspecified atom stereocenters. The Bertz CT molecular complexity index is 515. The molecule has 7 heteroatoms. The highest BCUT2D eigenvalue weighted by Gasteiger charge is 2.39. The summed E-state index contributed by atoms with van der Waals surface area (Å²) in [5.74, 6) is -0.158. The predicted octanol–water partition coefficient (Wildman–Crippen LogP) is 3.14. The highest BCUT2D eigenvalue weighted by atomic mass is 31.2. The SMILES string of the molecule is COP(=O)(NC(C)(C)C(=O)OC(C)C)Oc1ccccc1. The van der Waals surface area contributed by atoms with Crippen LogP contribution in [0, 0.1) is 0 Å².